The molecule has 5 nitrogen and oxygen atoms in total. The first-order valence-electron chi connectivity index (χ1n) is 6.93. The highest BCUT2D eigenvalue weighted by atomic mass is 79.9. The lowest BCUT2D eigenvalue weighted by atomic mass is 9.86. The lowest BCUT2D eigenvalue weighted by Gasteiger charge is -2.21. The Morgan fingerprint density at radius 2 is 2.24 bits per heavy atom. The molecule has 0 amide bonds. The maximum Gasteiger partial charge on any atom is 0.321 e. The van der Waals surface area contributed by atoms with Gasteiger partial charge in [0.15, 0.2) is 0 Å². The van der Waals surface area contributed by atoms with Crippen LogP contribution < -0.4 is 0 Å². The molecule has 3 rings (SSSR count). The molecule has 2 aromatic rings. The number of halogens is 1. The third-order valence-electron chi connectivity index (χ3n) is 3.75. The highest BCUT2D eigenvalue weighted by Crippen LogP contribution is 2.42. The summed E-state index contributed by atoms with van der Waals surface area (Å²) in [5.41, 5.74) is -0.754. The number of ether oxygens (including phenoxy) is 1. The zero-order valence-electron chi connectivity index (χ0n) is 11.6. The van der Waals surface area contributed by atoms with E-state index in [2.05, 4.69) is 26.1 Å². The van der Waals surface area contributed by atoms with Gasteiger partial charge in [0.05, 0.1) is 15.3 Å². The Morgan fingerprint density at radius 1 is 1.48 bits per heavy atom. The number of esters is 1. The van der Waals surface area contributed by atoms with Crippen LogP contribution in [-0.2, 0) is 14.9 Å². The van der Waals surface area contributed by atoms with Gasteiger partial charge in [-0.05, 0) is 47.8 Å². The van der Waals surface area contributed by atoms with E-state index in [1.807, 2.05) is 19.1 Å². The number of rotatable bonds is 4. The normalized spacial score (nSPS) is 17.0. The third kappa shape index (κ3) is 2.64. The highest BCUT2D eigenvalue weighted by Gasteiger charge is 2.49. The van der Waals surface area contributed by atoms with Crippen LogP contribution in [0.5, 0.6) is 0 Å². The van der Waals surface area contributed by atoms with E-state index < -0.39 is 5.41 Å². The molecule has 0 atom stereocenters. The summed E-state index contributed by atoms with van der Waals surface area (Å²) in [4.78, 5) is 17.7. The van der Waals surface area contributed by atoms with E-state index in [-0.39, 0.29) is 5.97 Å². The first-order chi connectivity index (χ1) is 10.2. The monoisotopic (exact) mass is 370 g/mol. The van der Waals surface area contributed by atoms with E-state index in [1.165, 1.54) is 11.3 Å². The average Bonchev–Trinajstić information content (AvgIpc) is 3.18. The first kappa shape index (κ1) is 14.7. The van der Waals surface area contributed by atoms with Crippen molar-refractivity contribution in [3.63, 3.8) is 0 Å². The summed E-state index contributed by atoms with van der Waals surface area (Å²) in [7, 11) is 0. The molecule has 7 heteroatoms. The lowest BCUT2D eigenvalue weighted by Crippen LogP contribution is -2.35. The molecule has 1 saturated carbocycles. The second-order valence-corrected chi connectivity index (χ2v) is 7.50. The van der Waals surface area contributed by atoms with Crippen LogP contribution in [0, 0.1) is 0 Å². The molecule has 2 heterocycles. The van der Waals surface area contributed by atoms with Gasteiger partial charge in [0, 0.05) is 0 Å². The summed E-state index contributed by atoms with van der Waals surface area (Å²) in [6.07, 6.45) is 3.37. The van der Waals surface area contributed by atoms with E-state index in [9.17, 15) is 4.79 Å². The zero-order chi connectivity index (χ0) is 14.9. The van der Waals surface area contributed by atoms with Crippen molar-refractivity contribution in [3.05, 3.63) is 21.8 Å². The number of carbonyl (C=O) groups is 1. The number of hydrogen-bond donors (Lipinski definition) is 0. The van der Waals surface area contributed by atoms with Crippen LogP contribution in [0.4, 0.5) is 0 Å². The van der Waals surface area contributed by atoms with Crippen molar-refractivity contribution in [1.29, 1.82) is 0 Å². The highest BCUT2D eigenvalue weighted by molar-refractivity contribution is 9.11. The average molecular weight is 371 g/mol. The fourth-order valence-corrected chi connectivity index (χ4v) is 4.02. The Balaban J connectivity index is 1.94. The van der Waals surface area contributed by atoms with Crippen LogP contribution in [0.15, 0.2) is 20.4 Å². The van der Waals surface area contributed by atoms with Gasteiger partial charge in [0.25, 0.3) is 0 Å². The zero-order valence-corrected chi connectivity index (χ0v) is 14.0. The minimum absolute atomic E-state index is 0.245. The summed E-state index contributed by atoms with van der Waals surface area (Å²) in [5.74, 6) is 0.666. The molecule has 1 aliphatic rings. The summed E-state index contributed by atoms with van der Waals surface area (Å²) >= 11 is 4.94. The molecular formula is C14H15BrN2O3S. The Labute approximate surface area is 134 Å². The van der Waals surface area contributed by atoms with Crippen molar-refractivity contribution in [1.82, 2.24) is 10.1 Å². The van der Waals surface area contributed by atoms with Crippen LogP contribution in [0.3, 0.4) is 0 Å². The van der Waals surface area contributed by atoms with Gasteiger partial charge in [-0.25, -0.2) is 0 Å². The van der Waals surface area contributed by atoms with Gasteiger partial charge >= 0.3 is 5.97 Å². The van der Waals surface area contributed by atoms with Gasteiger partial charge < -0.3 is 9.26 Å². The summed E-state index contributed by atoms with van der Waals surface area (Å²) in [6.45, 7) is 2.17. The number of carbonyl (C=O) groups excluding carboxylic acids is 1. The van der Waals surface area contributed by atoms with Crippen molar-refractivity contribution >= 4 is 33.2 Å². The predicted molar refractivity (Wildman–Crippen MR) is 82.1 cm³/mol. The van der Waals surface area contributed by atoms with Crippen LogP contribution >= 0.6 is 27.3 Å². The molecule has 112 valence electrons. The SMILES string of the molecule is CCOC(=O)C1(c2nc(-c3ccc(Br)s3)no2)CCCC1. The first-order valence-corrected chi connectivity index (χ1v) is 8.54. The number of thiophene rings is 1. The van der Waals surface area contributed by atoms with Crippen LogP contribution in [0.1, 0.15) is 38.5 Å². The maximum atomic E-state index is 12.4. The minimum atomic E-state index is -0.754. The predicted octanol–water partition coefficient (Wildman–Crippen LogP) is 3.94. The molecule has 21 heavy (non-hydrogen) atoms. The number of nitrogens with zero attached hydrogens (tertiary/aromatic N) is 2. The van der Waals surface area contributed by atoms with Crippen LogP contribution in [0.25, 0.3) is 10.7 Å². The molecule has 0 bridgehead atoms. The Hall–Kier alpha value is -1.21. The van der Waals surface area contributed by atoms with E-state index in [0.717, 1.165) is 21.5 Å². The lowest BCUT2D eigenvalue weighted by molar-refractivity contribution is -0.151. The standard InChI is InChI=1S/C14H15BrN2O3S/c1-2-19-13(18)14(7-3-4-8-14)12-16-11(17-20-12)9-5-6-10(15)21-9/h5-6H,2-4,7-8H2,1H3. The number of aromatic nitrogens is 2. The molecule has 0 saturated heterocycles. The van der Waals surface area contributed by atoms with Gasteiger partial charge in [-0.1, -0.05) is 18.0 Å². The van der Waals surface area contributed by atoms with E-state index in [1.54, 1.807) is 0 Å². The van der Waals surface area contributed by atoms with Crippen molar-refractivity contribution in [2.24, 2.45) is 0 Å². The Morgan fingerprint density at radius 3 is 2.86 bits per heavy atom. The van der Waals surface area contributed by atoms with Crippen molar-refractivity contribution < 1.29 is 14.1 Å². The fraction of sp³-hybridized carbons (Fsp3) is 0.500. The van der Waals surface area contributed by atoms with E-state index >= 15 is 0 Å². The van der Waals surface area contributed by atoms with Crippen molar-refractivity contribution in [3.8, 4) is 10.7 Å². The Kier molecular flexibility index (Phi) is 4.12. The van der Waals surface area contributed by atoms with Crippen LogP contribution in [0.2, 0.25) is 0 Å². The molecule has 1 aliphatic carbocycles. The molecule has 0 N–H and O–H groups in total. The molecule has 0 unspecified atom stereocenters. The molecule has 2 aromatic heterocycles. The molecule has 0 spiro atoms. The smallest absolute Gasteiger partial charge is 0.321 e. The molecule has 0 aliphatic heterocycles. The molecule has 0 aromatic carbocycles. The molecular weight excluding hydrogens is 356 g/mol. The van der Waals surface area contributed by atoms with Gasteiger partial charge in [-0.3, -0.25) is 4.79 Å². The number of hydrogen-bond acceptors (Lipinski definition) is 6. The Bertz CT molecular complexity index is 646. The quantitative estimate of drug-likeness (QED) is 0.762. The molecule has 0 radical (unpaired) electrons. The van der Waals surface area contributed by atoms with Crippen molar-refractivity contribution in [2.75, 3.05) is 6.61 Å². The van der Waals surface area contributed by atoms with Gasteiger partial charge in [-0.15, -0.1) is 11.3 Å². The largest absolute Gasteiger partial charge is 0.465 e. The second kappa shape index (κ2) is 5.88. The van der Waals surface area contributed by atoms with Gasteiger partial charge in [0.1, 0.15) is 5.41 Å². The van der Waals surface area contributed by atoms with Crippen molar-refractivity contribution in [2.45, 2.75) is 38.0 Å². The molecule has 1 fully saturated rings. The van der Waals surface area contributed by atoms with Gasteiger partial charge in [-0.2, -0.15) is 4.98 Å². The van der Waals surface area contributed by atoms with Gasteiger partial charge in [0.2, 0.25) is 11.7 Å². The maximum absolute atomic E-state index is 12.4. The van der Waals surface area contributed by atoms with E-state index in [0.29, 0.717) is 31.2 Å². The summed E-state index contributed by atoms with van der Waals surface area (Å²) in [6, 6.07) is 3.86. The summed E-state index contributed by atoms with van der Waals surface area (Å²) in [5, 5.41) is 4.03. The fourth-order valence-electron chi connectivity index (χ4n) is 2.71. The van der Waals surface area contributed by atoms with E-state index in [4.69, 9.17) is 9.26 Å². The van der Waals surface area contributed by atoms with Crippen LogP contribution in [-0.4, -0.2) is 22.7 Å². The third-order valence-corrected chi connectivity index (χ3v) is 5.37. The topological polar surface area (TPSA) is 65.2 Å². The second-order valence-electron chi connectivity index (χ2n) is 5.04. The minimum Gasteiger partial charge on any atom is -0.465 e. The summed E-state index contributed by atoms with van der Waals surface area (Å²) < 4.78 is 11.6.